The topological polar surface area (TPSA) is 67.8 Å². The molecule has 1 aliphatic rings. The third kappa shape index (κ3) is 4.49. The van der Waals surface area contributed by atoms with E-state index in [-0.39, 0.29) is 6.42 Å². The van der Waals surface area contributed by atoms with Crippen LogP contribution in [-0.4, -0.2) is 24.3 Å². The summed E-state index contributed by atoms with van der Waals surface area (Å²) in [5, 5.41) is 12.2. The van der Waals surface area contributed by atoms with E-state index in [4.69, 9.17) is 14.6 Å². The summed E-state index contributed by atoms with van der Waals surface area (Å²) < 4.78 is 11.1. The Labute approximate surface area is 141 Å². The number of rotatable bonds is 7. The van der Waals surface area contributed by atoms with E-state index in [1.54, 1.807) is 0 Å². The SMILES string of the molecule is O=C(O)CCc1cccc(CNCc2ccc3c(c2)OCCO3)c1. The molecular weight excluding hydrogens is 306 g/mol. The number of hydrogen-bond acceptors (Lipinski definition) is 4. The van der Waals surface area contributed by atoms with E-state index in [2.05, 4.69) is 11.4 Å². The zero-order valence-corrected chi connectivity index (χ0v) is 13.5. The molecule has 0 amide bonds. The highest BCUT2D eigenvalue weighted by atomic mass is 16.6. The normalized spacial score (nSPS) is 12.8. The van der Waals surface area contributed by atoms with Crippen LogP contribution in [0, 0.1) is 0 Å². The molecule has 1 heterocycles. The van der Waals surface area contributed by atoms with Crippen LogP contribution in [0.2, 0.25) is 0 Å². The molecule has 3 rings (SSSR count). The molecule has 0 radical (unpaired) electrons. The van der Waals surface area contributed by atoms with Crippen molar-refractivity contribution >= 4 is 5.97 Å². The molecule has 0 saturated carbocycles. The van der Waals surface area contributed by atoms with E-state index < -0.39 is 5.97 Å². The maximum Gasteiger partial charge on any atom is 0.303 e. The molecular formula is C19H21NO4. The Morgan fingerprint density at radius 2 is 1.67 bits per heavy atom. The van der Waals surface area contributed by atoms with Gasteiger partial charge in [-0.25, -0.2) is 0 Å². The van der Waals surface area contributed by atoms with Gasteiger partial charge < -0.3 is 19.9 Å². The van der Waals surface area contributed by atoms with E-state index >= 15 is 0 Å². The van der Waals surface area contributed by atoms with E-state index in [1.807, 2.05) is 36.4 Å². The first kappa shape index (κ1) is 16.3. The molecule has 0 saturated heterocycles. The van der Waals surface area contributed by atoms with Gasteiger partial charge in [0, 0.05) is 19.5 Å². The van der Waals surface area contributed by atoms with Crippen LogP contribution in [-0.2, 0) is 24.3 Å². The molecule has 2 aromatic rings. The van der Waals surface area contributed by atoms with Crippen LogP contribution < -0.4 is 14.8 Å². The number of nitrogens with one attached hydrogen (secondary N) is 1. The predicted molar refractivity (Wildman–Crippen MR) is 90.4 cm³/mol. The van der Waals surface area contributed by atoms with Crippen molar-refractivity contribution in [2.24, 2.45) is 0 Å². The summed E-state index contributed by atoms with van der Waals surface area (Å²) in [6, 6.07) is 14.0. The van der Waals surface area contributed by atoms with Gasteiger partial charge in [0.15, 0.2) is 11.5 Å². The molecule has 0 bridgehead atoms. The van der Waals surface area contributed by atoms with Crippen LogP contribution in [0.25, 0.3) is 0 Å². The van der Waals surface area contributed by atoms with Crippen LogP contribution in [0.5, 0.6) is 11.5 Å². The zero-order valence-electron chi connectivity index (χ0n) is 13.5. The van der Waals surface area contributed by atoms with Crippen LogP contribution in [0.4, 0.5) is 0 Å². The second-order valence-corrected chi connectivity index (χ2v) is 5.80. The molecule has 1 aliphatic heterocycles. The summed E-state index contributed by atoms with van der Waals surface area (Å²) in [7, 11) is 0. The van der Waals surface area contributed by atoms with Crippen molar-refractivity contribution in [1.82, 2.24) is 5.32 Å². The first-order valence-corrected chi connectivity index (χ1v) is 8.09. The van der Waals surface area contributed by atoms with Crippen molar-refractivity contribution in [2.45, 2.75) is 25.9 Å². The lowest BCUT2D eigenvalue weighted by Crippen LogP contribution is -2.16. The quantitative estimate of drug-likeness (QED) is 0.818. The molecule has 0 spiro atoms. The van der Waals surface area contributed by atoms with Gasteiger partial charge in [0.05, 0.1) is 0 Å². The van der Waals surface area contributed by atoms with E-state index in [0.717, 1.165) is 41.3 Å². The highest BCUT2D eigenvalue weighted by Gasteiger charge is 2.11. The van der Waals surface area contributed by atoms with Crippen molar-refractivity contribution in [3.8, 4) is 11.5 Å². The first-order valence-electron chi connectivity index (χ1n) is 8.09. The van der Waals surface area contributed by atoms with Crippen LogP contribution in [0.1, 0.15) is 23.1 Å². The number of carboxylic acids is 1. The standard InChI is InChI=1S/C19H21NO4/c21-19(22)7-5-14-2-1-3-15(10-14)12-20-13-16-4-6-17-18(11-16)24-9-8-23-17/h1-4,6,10-11,20H,5,7-9,12-13H2,(H,21,22). The summed E-state index contributed by atoms with van der Waals surface area (Å²) in [6.45, 7) is 2.65. The average Bonchev–Trinajstić information content (AvgIpc) is 2.60. The Bertz CT molecular complexity index is 714. The number of benzene rings is 2. The lowest BCUT2D eigenvalue weighted by Gasteiger charge is -2.19. The molecule has 0 fully saturated rings. The number of aliphatic carboxylic acids is 1. The van der Waals surface area contributed by atoms with E-state index in [1.165, 1.54) is 0 Å². The minimum Gasteiger partial charge on any atom is -0.486 e. The highest BCUT2D eigenvalue weighted by Crippen LogP contribution is 2.30. The summed E-state index contributed by atoms with van der Waals surface area (Å²) >= 11 is 0. The number of fused-ring (bicyclic) bond motifs is 1. The molecule has 0 unspecified atom stereocenters. The largest absolute Gasteiger partial charge is 0.486 e. The number of hydrogen-bond donors (Lipinski definition) is 2. The third-order valence-electron chi connectivity index (χ3n) is 3.88. The Kier molecular flexibility index (Phi) is 5.33. The smallest absolute Gasteiger partial charge is 0.303 e. The zero-order chi connectivity index (χ0) is 16.8. The lowest BCUT2D eigenvalue weighted by atomic mass is 10.1. The Morgan fingerprint density at radius 3 is 2.46 bits per heavy atom. The number of aryl methyl sites for hydroxylation is 1. The number of carboxylic acid groups (broad SMARTS) is 1. The van der Waals surface area contributed by atoms with Gasteiger partial charge in [-0.2, -0.15) is 0 Å². The van der Waals surface area contributed by atoms with Gasteiger partial charge in [0.1, 0.15) is 13.2 Å². The van der Waals surface area contributed by atoms with Crippen molar-refractivity contribution in [3.63, 3.8) is 0 Å². The third-order valence-corrected chi connectivity index (χ3v) is 3.88. The molecule has 0 atom stereocenters. The Hall–Kier alpha value is -2.53. The van der Waals surface area contributed by atoms with Gasteiger partial charge >= 0.3 is 5.97 Å². The van der Waals surface area contributed by atoms with E-state index in [9.17, 15) is 4.79 Å². The molecule has 2 aromatic carbocycles. The highest BCUT2D eigenvalue weighted by molar-refractivity contribution is 5.67. The Balaban J connectivity index is 1.53. The summed E-state index contributed by atoms with van der Waals surface area (Å²) in [4.78, 5) is 10.7. The van der Waals surface area contributed by atoms with Gasteiger partial charge in [-0.3, -0.25) is 4.79 Å². The maximum atomic E-state index is 10.7. The van der Waals surface area contributed by atoms with Crippen molar-refractivity contribution < 1.29 is 19.4 Å². The van der Waals surface area contributed by atoms with E-state index in [0.29, 0.717) is 19.6 Å². The molecule has 126 valence electrons. The summed E-state index contributed by atoms with van der Waals surface area (Å²) in [5.41, 5.74) is 3.34. The van der Waals surface area contributed by atoms with Gasteiger partial charge in [-0.15, -0.1) is 0 Å². The van der Waals surface area contributed by atoms with Crippen LogP contribution in [0.3, 0.4) is 0 Å². The maximum absolute atomic E-state index is 10.7. The average molecular weight is 327 g/mol. The first-order chi connectivity index (χ1) is 11.7. The fraction of sp³-hybridized carbons (Fsp3) is 0.316. The van der Waals surface area contributed by atoms with Crippen molar-refractivity contribution in [3.05, 3.63) is 59.2 Å². The molecule has 0 aromatic heterocycles. The fourth-order valence-electron chi connectivity index (χ4n) is 2.70. The van der Waals surface area contributed by atoms with Gasteiger partial charge in [0.25, 0.3) is 0 Å². The van der Waals surface area contributed by atoms with Gasteiger partial charge in [0.2, 0.25) is 0 Å². The van der Waals surface area contributed by atoms with Crippen molar-refractivity contribution in [2.75, 3.05) is 13.2 Å². The second kappa shape index (κ2) is 7.84. The molecule has 2 N–H and O–H groups in total. The van der Waals surface area contributed by atoms with Crippen molar-refractivity contribution in [1.29, 1.82) is 0 Å². The molecule has 24 heavy (non-hydrogen) atoms. The summed E-state index contributed by atoms with van der Waals surface area (Å²) in [5.74, 6) is 0.837. The van der Waals surface area contributed by atoms with Gasteiger partial charge in [-0.05, 0) is 35.2 Å². The predicted octanol–water partition coefficient (Wildman–Crippen LogP) is 2.76. The minimum atomic E-state index is -0.767. The minimum absolute atomic E-state index is 0.161. The lowest BCUT2D eigenvalue weighted by molar-refractivity contribution is -0.136. The number of carbonyl (C=O) groups is 1. The summed E-state index contributed by atoms with van der Waals surface area (Å²) in [6.07, 6.45) is 0.722. The van der Waals surface area contributed by atoms with Gasteiger partial charge in [-0.1, -0.05) is 30.3 Å². The fourth-order valence-corrected chi connectivity index (χ4v) is 2.70. The Morgan fingerprint density at radius 1 is 0.958 bits per heavy atom. The molecule has 5 nitrogen and oxygen atoms in total. The number of ether oxygens (including phenoxy) is 2. The monoisotopic (exact) mass is 327 g/mol. The molecule has 5 heteroatoms. The van der Waals surface area contributed by atoms with Crippen LogP contribution >= 0.6 is 0 Å². The van der Waals surface area contributed by atoms with Crippen LogP contribution in [0.15, 0.2) is 42.5 Å². The molecule has 0 aliphatic carbocycles. The second-order valence-electron chi connectivity index (χ2n) is 5.80.